The lowest BCUT2D eigenvalue weighted by Gasteiger charge is -2.23. The molecule has 0 radical (unpaired) electrons. The Morgan fingerprint density at radius 2 is 1.55 bits per heavy atom. The highest BCUT2D eigenvalue weighted by molar-refractivity contribution is 5.39. The summed E-state index contributed by atoms with van der Waals surface area (Å²) in [6.07, 6.45) is 8.11. The van der Waals surface area contributed by atoms with Crippen LogP contribution in [0.3, 0.4) is 0 Å². The summed E-state index contributed by atoms with van der Waals surface area (Å²) in [6.45, 7) is 13.8. The molecule has 1 N–H and O–H groups in total. The van der Waals surface area contributed by atoms with E-state index in [1.54, 1.807) is 0 Å². The number of aromatic hydroxyl groups is 1. The van der Waals surface area contributed by atoms with Gasteiger partial charge in [-0.1, -0.05) is 60.1 Å². The van der Waals surface area contributed by atoms with Crippen LogP contribution in [0.25, 0.3) is 0 Å². The van der Waals surface area contributed by atoms with Crippen LogP contribution in [0.5, 0.6) is 5.75 Å². The third-order valence-corrected chi connectivity index (χ3v) is 4.86. The Hall–Kier alpha value is -0.980. The molecule has 0 aliphatic carbocycles. The second-order valence-corrected chi connectivity index (χ2v) is 8.70. The van der Waals surface area contributed by atoms with Crippen LogP contribution in [0.2, 0.25) is 0 Å². The number of benzene rings is 1. The van der Waals surface area contributed by atoms with Crippen molar-refractivity contribution in [3.63, 3.8) is 0 Å². The fraction of sp³-hybridized carbons (Fsp3) is 0.714. The summed E-state index contributed by atoms with van der Waals surface area (Å²) in [5.74, 6) is 0.487. The van der Waals surface area contributed by atoms with Crippen LogP contribution in [0, 0.1) is 10.8 Å². The highest BCUT2D eigenvalue weighted by Crippen LogP contribution is 2.30. The van der Waals surface area contributed by atoms with Gasteiger partial charge in [-0.25, -0.2) is 0 Å². The molecule has 0 saturated heterocycles. The van der Waals surface area contributed by atoms with Crippen molar-refractivity contribution in [3.8, 4) is 5.75 Å². The first-order valence-electron chi connectivity index (χ1n) is 8.94. The number of hydrogen-bond donors (Lipinski definition) is 1. The predicted octanol–water partition coefficient (Wildman–Crippen LogP) is 6.52. The molecule has 0 atom stereocenters. The highest BCUT2D eigenvalue weighted by atomic mass is 16.3. The molecule has 1 heteroatoms. The number of rotatable bonds is 8. The van der Waals surface area contributed by atoms with Crippen molar-refractivity contribution in [2.24, 2.45) is 10.8 Å². The number of phenols is 1. The quantitative estimate of drug-likeness (QED) is 0.579. The second-order valence-electron chi connectivity index (χ2n) is 8.70. The van der Waals surface area contributed by atoms with E-state index in [9.17, 15) is 5.11 Å². The van der Waals surface area contributed by atoms with E-state index in [1.165, 1.54) is 36.8 Å². The lowest BCUT2D eigenvalue weighted by Crippen LogP contribution is -2.10. The molecule has 0 amide bonds. The van der Waals surface area contributed by atoms with Gasteiger partial charge < -0.3 is 5.11 Å². The highest BCUT2D eigenvalue weighted by Gasteiger charge is 2.16. The normalized spacial score (nSPS) is 12.6. The van der Waals surface area contributed by atoms with E-state index in [0.717, 1.165) is 19.3 Å². The SMILES string of the molecule is CCC(C)(C)CCCc1cccc(O)c1CCCC(C)(C)C. The average molecular weight is 305 g/mol. The Labute approximate surface area is 138 Å². The molecule has 1 aromatic rings. The van der Waals surface area contributed by atoms with E-state index in [-0.39, 0.29) is 0 Å². The Bertz CT molecular complexity index is 451. The molecule has 1 nitrogen and oxygen atoms in total. The molecule has 126 valence electrons. The summed E-state index contributed by atoms with van der Waals surface area (Å²) < 4.78 is 0. The molecule has 0 fully saturated rings. The molecule has 1 aromatic carbocycles. The third kappa shape index (κ3) is 6.85. The number of hydrogen-bond acceptors (Lipinski definition) is 1. The van der Waals surface area contributed by atoms with Crippen molar-refractivity contribution < 1.29 is 5.11 Å². The van der Waals surface area contributed by atoms with Gasteiger partial charge in [0.15, 0.2) is 0 Å². The molecular formula is C21H36O. The minimum Gasteiger partial charge on any atom is -0.508 e. The van der Waals surface area contributed by atoms with E-state index < -0.39 is 0 Å². The van der Waals surface area contributed by atoms with Crippen molar-refractivity contribution in [2.75, 3.05) is 0 Å². The van der Waals surface area contributed by atoms with Gasteiger partial charge in [0.05, 0.1) is 0 Å². The van der Waals surface area contributed by atoms with Gasteiger partial charge in [0.25, 0.3) is 0 Å². The zero-order valence-electron chi connectivity index (χ0n) is 15.6. The van der Waals surface area contributed by atoms with Gasteiger partial charge in [-0.05, 0) is 66.5 Å². The maximum atomic E-state index is 10.2. The van der Waals surface area contributed by atoms with Crippen LogP contribution in [0.1, 0.15) is 84.8 Å². The van der Waals surface area contributed by atoms with Gasteiger partial charge >= 0.3 is 0 Å². The molecule has 0 saturated carbocycles. The standard InChI is InChI=1S/C21H36O/c1-7-21(5,6)16-9-12-17-11-8-14-19(22)18(17)13-10-15-20(2,3)4/h8,11,14,22H,7,9-10,12-13,15-16H2,1-6H3. The Morgan fingerprint density at radius 3 is 2.14 bits per heavy atom. The van der Waals surface area contributed by atoms with Crippen LogP contribution in [0.4, 0.5) is 0 Å². The van der Waals surface area contributed by atoms with Gasteiger partial charge in [0.1, 0.15) is 5.75 Å². The molecule has 0 heterocycles. The van der Waals surface area contributed by atoms with Crippen LogP contribution in [0.15, 0.2) is 18.2 Å². The summed E-state index contributed by atoms with van der Waals surface area (Å²) in [7, 11) is 0. The molecule has 22 heavy (non-hydrogen) atoms. The third-order valence-electron chi connectivity index (χ3n) is 4.86. The number of aryl methyl sites for hydroxylation is 1. The van der Waals surface area contributed by atoms with Crippen molar-refractivity contribution in [2.45, 2.75) is 86.5 Å². The van der Waals surface area contributed by atoms with E-state index >= 15 is 0 Å². The first kappa shape index (κ1) is 19.1. The molecule has 0 unspecified atom stereocenters. The van der Waals surface area contributed by atoms with Crippen LogP contribution < -0.4 is 0 Å². The second kappa shape index (κ2) is 8.04. The van der Waals surface area contributed by atoms with E-state index in [4.69, 9.17) is 0 Å². The first-order valence-corrected chi connectivity index (χ1v) is 8.94. The van der Waals surface area contributed by atoms with Gasteiger partial charge in [-0.2, -0.15) is 0 Å². The van der Waals surface area contributed by atoms with Gasteiger partial charge in [0.2, 0.25) is 0 Å². The topological polar surface area (TPSA) is 20.2 Å². The minimum absolute atomic E-state index is 0.371. The van der Waals surface area contributed by atoms with Gasteiger partial charge in [0, 0.05) is 0 Å². The Kier molecular flexibility index (Phi) is 6.97. The fourth-order valence-corrected chi connectivity index (χ4v) is 2.87. The zero-order chi connectivity index (χ0) is 16.8. The molecule has 0 aliphatic heterocycles. The van der Waals surface area contributed by atoms with E-state index in [0.29, 0.717) is 16.6 Å². The summed E-state index contributed by atoms with van der Waals surface area (Å²) in [5, 5.41) is 10.2. The lowest BCUT2D eigenvalue weighted by atomic mass is 9.83. The fourth-order valence-electron chi connectivity index (χ4n) is 2.87. The van der Waals surface area contributed by atoms with Crippen molar-refractivity contribution in [3.05, 3.63) is 29.3 Å². The molecule has 0 bridgehead atoms. The number of phenolic OH excluding ortho intramolecular Hbond substituents is 1. The smallest absolute Gasteiger partial charge is 0.119 e. The molecule has 0 spiro atoms. The van der Waals surface area contributed by atoms with E-state index in [1.807, 2.05) is 12.1 Å². The predicted molar refractivity (Wildman–Crippen MR) is 97.5 cm³/mol. The van der Waals surface area contributed by atoms with E-state index in [2.05, 4.69) is 47.6 Å². The monoisotopic (exact) mass is 304 g/mol. The summed E-state index contributed by atoms with van der Waals surface area (Å²) in [6, 6.07) is 6.03. The maximum absolute atomic E-state index is 10.2. The van der Waals surface area contributed by atoms with Crippen LogP contribution >= 0.6 is 0 Å². The van der Waals surface area contributed by atoms with Crippen molar-refractivity contribution >= 4 is 0 Å². The zero-order valence-corrected chi connectivity index (χ0v) is 15.6. The summed E-state index contributed by atoms with van der Waals surface area (Å²) >= 11 is 0. The Balaban J connectivity index is 2.65. The summed E-state index contributed by atoms with van der Waals surface area (Å²) in [4.78, 5) is 0. The lowest BCUT2D eigenvalue weighted by molar-refractivity contribution is 0.313. The van der Waals surface area contributed by atoms with Crippen molar-refractivity contribution in [1.29, 1.82) is 0 Å². The molecule has 0 aromatic heterocycles. The largest absolute Gasteiger partial charge is 0.508 e. The van der Waals surface area contributed by atoms with Crippen molar-refractivity contribution in [1.82, 2.24) is 0 Å². The Morgan fingerprint density at radius 1 is 0.909 bits per heavy atom. The van der Waals surface area contributed by atoms with Gasteiger partial charge in [-0.15, -0.1) is 0 Å². The van der Waals surface area contributed by atoms with Crippen LogP contribution in [-0.2, 0) is 12.8 Å². The maximum Gasteiger partial charge on any atom is 0.119 e. The molecule has 1 rings (SSSR count). The summed E-state index contributed by atoms with van der Waals surface area (Å²) in [5.41, 5.74) is 3.33. The van der Waals surface area contributed by atoms with Gasteiger partial charge in [-0.3, -0.25) is 0 Å². The molecular weight excluding hydrogens is 268 g/mol. The minimum atomic E-state index is 0.371. The molecule has 0 aliphatic rings. The first-order chi connectivity index (χ1) is 10.1. The average Bonchev–Trinajstić information content (AvgIpc) is 2.40. The van der Waals surface area contributed by atoms with Crippen LogP contribution in [-0.4, -0.2) is 5.11 Å².